The van der Waals surface area contributed by atoms with Crippen molar-refractivity contribution in [1.82, 2.24) is 9.97 Å². The zero-order valence-electron chi connectivity index (χ0n) is 9.85. The Morgan fingerprint density at radius 2 is 2.11 bits per heavy atom. The monoisotopic (exact) mass is 297 g/mol. The molecule has 2 heterocycles. The molecule has 0 radical (unpaired) electrons. The molecule has 2 N–H and O–H groups in total. The second-order valence-electron chi connectivity index (χ2n) is 3.58. The number of carbonyl (C=O) groups excluding carboxylic acids is 1. The van der Waals surface area contributed by atoms with Crippen LogP contribution in [0.25, 0.3) is 11.4 Å². The second-order valence-corrected chi connectivity index (χ2v) is 4.37. The standard InChI is InChI=1S/C12H9Cl2N3O2/c1-19-12(18)8-4-2-3-7(17-8)11-9(14)10(15)6(13)5-16-11/h2-5H,1H3,(H2,15,16). The zero-order valence-corrected chi connectivity index (χ0v) is 11.4. The van der Waals surface area contributed by atoms with Crippen LogP contribution in [0.2, 0.25) is 10.0 Å². The van der Waals surface area contributed by atoms with Gasteiger partial charge in [0, 0.05) is 6.20 Å². The van der Waals surface area contributed by atoms with E-state index in [1.807, 2.05) is 0 Å². The molecule has 0 aliphatic heterocycles. The molecule has 0 aromatic carbocycles. The molecule has 0 fully saturated rings. The average molecular weight is 298 g/mol. The number of pyridine rings is 2. The fourth-order valence-corrected chi connectivity index (χ4v) is 1.88. The Hall–Kier alpha value is -1.85. The number of aromatic nitrogens is 2. The Balaban J connectivity index is 2.54. The quantitative estimate of drug-likeness (QED) is 0.862. The lowest BCUT2D eigenvalue weighted by Crippen LogP contribution is -2.05. The first-order valence-electron chi connectivity index (χ1n) is 5.19. The topological polar surface area (TPSA) is 78.1 Å². The number of nitrogens with two attached hydrogens (primary N) is 1. The van der Waals surface area contributed by atoms with Gasteiger partial charge in [-0.05, 0) is 12.1 Å². The van der Waals surface area contributed by atoms with Gasteiger partial charge in [-0.15, -0.1) is 0 Å². The van der Waals surface area contributed by atoms with E-state index in [1.54, 1.807) is 12.1 Å². The van der Waals surface area contributed by atoms with Crippen LogP contribution in [0.5, 0.6) is 0 Å². The minimum absolute atomic E-state index is 0.159. The largest absolute Gasteiger partial charge is 0.464 e. The SMILES string of the molecule is COC(=O)c1cccc(-c2ncc(Cl)c(N)c2Cl)n1. The summed E-state index contributed by atoms with van der Waals surface area (Å²) in [6.45, 7) is 0. The van der Waals surface area contributed by atoms with Gasteiger partial charge in [-0.3, -0.25) is 4.98 Å². The van der Waals surface area contributed by atoms with Crippen LogP contribution in [-0.4, -0.2) is 23.0 Å². The van der Waals surface area contributed by atoms with Crippen LogP contribution < -0.4 is 5.73 Å². The highest BCUT2D eigenvalue weighted by atomic mass is 35.5. The molecule has 2 rings (SSSR count). The van der Waals surface area contributed by atoms with Gasteiger partial charge in [0.2, 0.25) is 0 Å². The molecule has 0 aliphatic carbocycles. The van der Waals surface area contributed by atoms with E-state index in [0.717, 1.165) is 0 Å². The number of esters is 1. The molecule has 19 heavy (non-hydrogen) atoms. The number of methoxy groups -OCH3 is 1. The van der Waals surface area contributed by atoms with Crippen molar-refractivity contribution in [3.63, 3.8) is 0 Å². The number of rotatable bonds is 2. The highest BCUT2D eigenvalue weighted by Gasteiger charge is 2.14. The van der Waals surface area contributed by atoms with E-state index in [-0.39, 0.29) is 21.4 Å². The van der Waals surface area contributed by atoms with E-state index in [1.165, 1.54) is 19.4 Å². The van der Waals surface area contributed by atoms with Crippen molar-refractivity contribution in [1.29, 1.82) is 0 Å². The van der Waals surface area contributed by atoms with Gasteiger partial charge in [-0.25, -0.2) is 9.78 Å². The first-order valence-corrected chi connectivity index (χ1v) is 5.95. The minimum atomic E-state index is -0.542. The molecular weight excluding hydrogens is 289 g/mol. The van der Waals surface area contributed by atoms with Gasteiger partial charge in [0.25, 0.3) is 0 Å². The maximum Gasteiger partial charge on any atom is 0.356 e. The molecule has 0 atom stereocenters. The summed E-state index contributed by atoms with van der Waals surface area (Å²) in [4.78, 5) is 19.6. The van der Waals surface area contributed by atoms with Gasteiger partial charge in [0.05, 0.1) is 28.5 Å². The number of nitrogen functional groups attached to an aromatic ring is 1. The van der Waals surface area contributed by atoms with E-state index in [9.17, 15) is 4.79 Å². The minimum Gasteiger partial charge on any atom is -0.464 e. The Morgan fingerprint density at radius 3 is 2.79 bits per heavy atom. The van der Waals surface area contributed by atoms with E-state index >= 15 is 0 Å². The molecule has 2 aromatic rings. The number of carbonyl (C=O) groups is 1. The van der Waals surface area contributed by atoms with Crippen molar-refractivity contribution in [3.8, 4) is 11.4 Å². The van der Waals surface area contributed by atoms with Gasteiger partial charge in [-0.2, -0.15) is 0 Å². The molecule has 0 bridgehead atoms. The van der Waals surface area contributed by atoms with Gasteiger partial charge < -0.3 is 10.5 Å². The molecule has 5 nitrogen and oxygen atoms in total. The molecule has 0 spiro atoms. The van der Waals surface area contributed by atoms with E-state index < -0.39 is 5.97 Å². The van der Waals surface area contributed by atoms with E-state index in [0.29, 0.717) is 11.4 Å². The molecule has 2 aromatic heterocycles. The number of halogens is 2. The molecule has 0 saturated carbocycles. The Kier molecular flexibility index (Phi) is 3.87. The number of anilines is 1. The van der Waals surface area contributed by atoms with Gasteiger partial charge in [-0.1, -0.05) is 29.3 Å². The lowest BCUT2D eigenvalue weighted by molar-refractivity contribution is 0.0594. The molecule has 0 aliphatic rings. The Bertz CT molecular complexity index is 647. The first kappa shape index (κ1) is 13.6. The van der Waals surface area contributed by atoms with Crippen LogP contribution in [0, 0.1) is 0 Å². The normalized spacial score (nSPS) is 10.3. The molecule has 0 amide bonds. The number of hydrogen-bond acceptors (Lipinski definition) is 5. The number of nitrogens with zero attached hydrogens (tertiary/aromatic N) is 2. The summed E-state index contributed by atoms with van der Waals surface area (Å²) >= 11 is 11.9. The fraction of sp³-hybridized carbons (Fsp3) is 0.0833. The van der Waals surface area contributed by atoms with Crippen LogP contribution in [0.4, 0.5) is 5.69 Å². The summed E-state index contributed by atoms with van der Waals surface area (Å²) in [5.74, 6) is -0.542. The summed E-state index contributed by atoms with van der Waals surface area (Å²) in [7, 11) is 1.28. The lowest BCUT2D eigenvalue weighted by Gasteiger charge is -2.07. The molecular formula is C12H9Cl2N3O2. The van der Waals surface area contributed by atoms with Crippen LogP contribution >= 0.6 is 23.2 Å². The van der Waals surface area contributed by atoms with Crippen LogP contribution in [0.15, 0.2) is 24.4 Å². The van der Waals surface area contributed by atoms with Crippen LogP contribution in [-0.2, 0) is 4.74 Å². The van der Waals surface area contributed by atoms with Crippen molar-refractivity contribution in [2.45, 2.75) is 0 Å². The van der Waals surface area contributed by atoms with Gasteiger partial charge in [0.15, 0.2) is 0 Å². The van der Waals surface area contributed by atoms with Crippen LogP contribution in [0.3, 0.4) is 0 Å². The zero-order chi connectivity index (χ0) is 14.0. The Labute approximate surface area is 119 Å². The Morgan fingerprint density at radius 1 is 1.37 bits per heavy atom. The number of ether oxygens (including phenoxy) is 1. The van der Waals surface area contributed by atoms with Gasteiger partial charge >= 0.3 is 5.97 Å². The van der Waals surface area contributed by atoms with Crippen molar-refractivity contribution >= 4 is 34.9 Å². The summed E-state index contributed by atoms with van der Waals surface area (Å²) in [5.41, 5.74) is 6.87. The maximum atomic E-state index is 11.4. The smallest absolute Gasteiger partial charge is 0.356 e. The third-order valence-corrected chi connectivity index (χ3v) is 3.08. The molecule has 0 unspecified atom stereocenters. The van der Waals surface area contributed by atoms with Crippen molar-refractivity contribution in [2.24, 2.45) is 0 Å². The summed E-state index contributed by atoms with van der Waals surface area (Å²) in [5, 5.41) is 0.458. The summed E-state index contributed by atoms with van der Waals surface area (Å²) in [6.07, 6.45) is 1.38. The lowest BCUT2D eigenvalue weighted by atomic mass is 10.2. The summed E-state index contributed by atoms with van der Waals surface area (Å²) in [6, 6.07) is 4.84. The van der Waals surface area contributed by atoms with Crippen molar-refractivity contribution < 1.29 is 9.53 Å². The highest BCUT2D eigenvalue weighted by Crippen LogP contribution is 2.33. The van der Waals surface area contributed by atoms with Crippen LogP contribution in [0.1, 0.15) is 10.5 Å². The third kappa shape index (κ3) is 2.62. The van der Waals surface area contributed by atoms with E-state index in [4.69, 9.17) is 28.9 Å². The highest BCUT2D eigenvalue weighted by molar-refractivity contribution is 6.40. The van der Waals surface area contributed by atoms with E-state index in [2.05, 4.69) is 14.7 Å². The molecule has 7 heteroatoms. The summed E-state index contributed by atoms with van der Waals surface area (Å²) < 4.78 is 4.60. The van der Waals surface area contributed by atoms with Crippen molar-refractivity contribution in [3.05, 3.63) is 40.1 Å². The number of hydrogen-bond donors (Lipinski definition) is 1. The average Bonchev–Trinajstić information content (AvgIpc) is 2.44. The second kappa shape index (κ2) is 5.42. The fourth-order valence-electron chi connectivity index (χ4n) is 1.44. The molecule has 98 valence electrons. The third-order valence-electron chi connectivity index (χ3n) is 2.39. The predicted octanol–water partition coefficient (Wildman–Crippen LogP) is 2.82. The maximum absolute atomic E-state index is 11.4. The van der Waals surface area contributed by atoms with Crippen molar-refractivity contribution in [2.75, 3.05) is 12.8 Å². The first-order chi connectivity index (χ1) is 9.04. The molecule has 0 saturated heterocycles. The van der Waals surface area contributed by atoms with Gasteiger partial charge in [0.1, 0.15) is 11.4 Å². The predicted molar refractivity (Wildman–Crippen MR) is 73.2 cm³/mol.